The quantitative estimate of drug-likeness (QED) is 0.736. The highest BCUT2D eigenvalue weighted by Crippen LogP contribution is 2.20. The molecule has 1 N–H and O–H groups in total. The Hall–Kier alpha value is -2.72. The van der Waals surface area contributed by atoms with Gasteiger partial charge in [-0.15, -0.1) is 0 Å². The number of carbonyl (C=O) groups excluding carboxylic acids is 1. The van der Waals surface area contributed by atoms with Crippen LogP contribution < -0.4 is 5.32 Å². The molecule has 136 valence electrons. The van der Waals surface area contributed by atoms with Crippen LogP contribution in [-0.4, -0.2) is 42.1 Å². The molecule has 0 atom stereocenters. The first kappa shape index (κ1) is 18.1. The maximum Gasteiger partial charge on any atom is 0.273 e. The number of aromatic nitrogens is 1. The predicted molar refractivity (Wildman–Crippen MR) is 93.6 cm³/mol. The molecule has 26 heavy (non-hydrogen) atoms. The second-order valence-electron chi connectivity index (χ2n) is 6.49. The molecular weight excluding hydrogens is 335 g/mol. The van der Waals surface area contributed by atoms with Crippen molar-refractivity contribution in [1.82, 2.24) is 15.4 Å². The van der Waals surface area contributed by atoms with Crippen LogP contribution in [0.2, 0.25) is 0 Å². The number of rotatable bonds is 8. The number of likely N-dealkylation sites (tertiary alicyclic amines) is 1. The number of nitrogens with one attached hydrogen (secondary N) is 1. The summed E-state index contributed by atoms with van der Waals surface area (Å²) in [5.41, 5.74) is 0.884. The van der Waals surface area contributed by atoms with Crippen LogP contribution in [0.15, 0.2) is 34.9 Å². The number of unbranched alkanes of at least 4 members (excludes halogenated alkanes) is 2. The third-order valence-corrected chi connectivity index (χ3v) is 4.45. The van der Waals surface area contributed by atoms with Crippen LogP contribution in [0, 0.1) is 23.1 Å². The minimum absolute atomic E-state index is 0.205. The molecule has 7 heteroatoms. The van der Waals surface area contributed by atoms with E-state index in [1.165, 1.54) is 12.1 Å². The molecule has 0 radical (unpaired) electrons. The Morgan fingerprint density at radius 2 is 2.08 bits per heavy atom. The van der Waals surface area contributed by atoms with Crippen LogP contribution in [0.4, 0.5) is 4.39 Å². The van der Waals surface area contributed by atoms with Crippen molar-refractivity contribution in [3.63, 3.8) is 0 Å². The lowest BCUT2D eigenvalue weighted by Crippen LogP contribution is -2.46. The molecule has 1 amide bonds. The lowest BCUT2D eigenvalue weighted by Gasteiger charge is -2.35. The Morgan fingerprint density at radius 1 is 1.31 bits per heavy atom. The summed E-state index contributed by atoms with van der Waals surface area (Å²) in [6.07, 6.45) is 2.98. The van der Waals surface area contributed by atoms with Crippen LogP contribution in [0.5, 0.6) is 0 Å². The van der Waals surface area contributed by atoms with Crippen molar-refractivity contribution in [3.8, 4) is 17.4 Å². The molecule has 0 aliphatic carbocycles. The van der Waals surface area contributed by atoms with Gasteiger partial charge in [-0.25, -0.2) is 4.39 Å². The van der Waals surface area contributed by atoms with E-state index in [-0.39, 0.29) is 23.3 Å². The van der Waals surface area contributed by atoms with E-state index in [0.29, 0.717) is 17.9 Å². The summed E-state index contributed by atoms with van der Waals surface area (Å²) in [4.78, 5) is 14.4. The van der Waals surface area contributed by atoms with Gasteiger partial charge in [0.05, 0.1) is 12.0 Å². The summed E-state index contributed by atoms with van der Waals surface area (Å²) >= 11 is 0. The largest absolute Gasteiger partial charge is 0.355 e. The molecule has 1 aromatic heterocycles. The summed E-state index contributed by atoms with van der Waals surface area (Å²) in [7, 11) is 0. The first-order valence-corrected chi connectivity index (χ1v) is 8.78. The average Bonchev–Trinajstić information content (AvgIpc) is 3.10. The molecule has 1 aromatic carbocycles. The minimum Gasteiger partial charge on any atom is -0.355 e. The zero-order valence-corrected chi connectivity index (χ0v) is 14.4. The number of nitriles is 1. The van der Waals surface area contributed by atoms with Crippen molar-refractivity contribution in [2.45, 2.75) is 19.3 Å². The van der Waals surface area contributed by atoms with Crippen LogP contribution in [0.25, 0.3) is 11.3 Å². The smallest absolute Gasteiger partial charge is 0.273 e. The van der Waals surface area contributed by atoms with Crippen molar-refractivity contribution in [1.29, 1.82) is 5.26 Å². The molecule has 0 spiro atoms. The van der Waals surface area contributed by atoms with Gasteiger partial charge in [0.1, 0.15) is 5.82 Å². The number of carbonyl (C=O) groups is 1. The fraction of sp³-hybridized carbons (Fsp3) is 0.421. The number of hydrogen-bond acceptors (Lipinski definition) is 5. The Labute approximate surface area is 151 Å². The maximum absolute atomic E-state index is 12.9. The molecule has 0 saturated carbocycles. The van der Waals surface area contributed by atoms with E-state index in [1.807, 2.05) is 0 Å². The summed E-state index contributed by atoms with van der Waals surface area (Å²) < 4.78 is 18.1. The molecule has 2 aromatic rings. The van der Waals surface area contributed by atoms with E-state index in [2.05, 4.69) is 21.4 Å². The molecule has 0 bridgehead atoms. The monoisotopic (exact) mass is 356 g/mol. The molecule has 2 heterocycles. The van der Waals surface area contributed by atoms with E-state index < -0.39 is 0 Å². The van der Waals surface area contributed by atoms with E-state index in [1.54, 1.807) is 18.2 Å². The number of halogens is 1. The summed E-state index contributed by atoms with van der Waals surface area (Å²) in [5.74, 6) is 0.0313. The molecule has 1 aliphatic heterocycles. The number of nitrogens with zero attached hydrogens (tertiary/aromatic N) is 3. The van der Waals surface area contributed by atoms with Gasteiger partial charge in [-0.3, -0.25) is 4.79 Å². The Kier molecular flexibility index (Phi) is 5.97. The van der Waals surface area contributed by atoms with Crippen molar-refractivity contribution < 1.29 is 13.7 Å². The van der Waals surface area contributed by atoms with E-state index in [4.69, 9.17) is 9.78 Å². The van der Waals surface area contributed by atoms with Crippen LogP contribution in [0.1, 0.15) is 29.8 Å². The zero-order chi connectivity index (χ0) is 18.4. The van der Waals surface area contributed by atoms with Gasteiger partial charge in [0.2, 0.25) is 0 Å². The fourth-order valence-electron chi connectivity index (χ4n) is 2.90. The van der Waals surface area contributed by atoms with Gasteiger partial charge < -0.3 is 14.7 Å². The number of amides is 1. The van der Waals surface area contributed by atoms with Gasteiger partial charge in [0.15, 0.2) is 11.5 Å². The fourth-order valence-corrected chi connectivity index (χ4v) is 2.90. The molecule has 6 nitrogen and oxygen atoms in total. The Bertz CT molecular complexity index is 776. The molecule has 1 saturated heterocycles. The highest BCUT2D eigenvalue weighted by atomic mass is 19.1. The molecule has 3 rings (SSSR count). The standard InChI is InChI=1S/C19H21FN4O2/c20-16-6-4-15(5-7-16)18-10-17(23-26-18)19(25)22-8-2-1-3-9-24-12-14(11-21)13-24/h4-7,10,14H,1-3,8-9,12-13H2,(H,22,25). The Morgan fingerprint density at radius 3 is 2.81 bits per heavy atom. The number of hydrogen-bond donors (Lipinski definition) is 1. The zero-order valence-electron chi connectivity index (χ0n) is 14.4. The van der Waals surface area contributed by atoms with E-state index >= 15 is 0 Å². The minimum atomic E-state index is -0.328. The molecule has 1 aliphatic rings. The molecular formula is C19H21FN4O2. The lowest BCUT2D eigenvalue weighted by molar-refractivity contribution is 0.0943. The summed E-state index contributed by atoms with van der Waals surface area (Å²) in [6, 6.07) is 9.64. The maximum atomic E-state index is 12.9. The normalized spacial score (nSPS) is 14.6. The van der Waals surface area contributed by atoms with Gasteiger partial charge in [-0.05, 0) is 43.7 Å². The van der Waals surface area contributed by atoms with E-state index in [9.17, 15) is 9.18 Å². The van der Waals surface area contributed by atoms with Gasteiger partial charge in [-0.2, -0.15) is 5.26 Å². The van der Waals surface area contributed by atoms with Crippen molar-refractivity contribution in [3.05, 3.63) is 41.8 Å². The third-order valence-electron chi connectivity index (χ3n) is 4.45. The molecule has 0 unspecified atom stereocenters. The summed E-state index contributed by atoms with van der Waals surface area (Å²) in [6.45, 7) is 3.36. The number of benzene rings is 1. The first-order chi connectivity index (χ1) is 12.7. The van der Waals surface area contributed by atoms with Crippen LogP contribution in [-0.2, 0) is 0 Å². The third kappa shape index (κ3) is 4.67. The van der Waals surface area contributed by atoms with Crippen molar-refractivity contribution in [2.75, 3.05) is 26.2 Å². The van der Waals surface area contributed by atoms with Crippen molar-refractivity contribution >= 4 is 5.91 Å². The van der Waals surface area contributed by atoms with Crippen LogP contribution in [0.3, 0.4) is 0 Å². The van der Waals surface area contributed by atoms with Gasteiger partial charge in [0, 0.05) is 31.3 Å². The Balaban J connectivity index is 1.34. The van der Waals surface area contributed by atoms with E-state index in [0.717, 1.165) is 38.9 Å². The van der Waals surface area contributed by atoms with Crippen LogP contribution >= 0.6 is 0 Å². The average molecular weight is 356 g/mol. The SMILES string of the molecule is N#CC1CN(CCCCCNC(=O)c2cc(-c3ccc(F)cc3)on2)C1. The van der Waals surface area contributed by atoms with Crippen molar-refractivity contribution in [2.24, 2.45) is 5.92 Å². The van der Waals surface area contributed by atoms with Gasteiger partial charge in [0.25, 0.3) is 5.91 Å². The lowest BCUT2D eigenvalue weighted by atomic mass is 10.0. The topological polar surface area (TPSA) is 82.2 Å². The second-order valence-corrected chi connectivity index (χ2v) is 6.49. The first-order valence-electron chi connectivity index (χ1n) is 8.78. The predicted octanol–water partition coefficient (Wildman–Crippen LogP) is 2.84. The summed E-state index contributed by atoms with van der Waals surface area (Å²) in [5, 5.41) is 15.3. The highest BCUT2D eigenvalue weighted by Gasteiger charge is 2.25. The second kappa shape index (κ2) is 8.59. The highest BCUT2D eigenvalue weighted by molar-refractivity contribution is 5.93. The molecule has 1 fully saturated rings. The van der Waals surface area contributed by atoms with Gasteiger partial charge in [-0.1, -0.05) is 11.6 Å². The van der Waals surface area contributed by atoms with Gasteiger partial charge >= 0.3 is 0 Å².